The second-order valence-electron chi connectivity index (χ2n) is 10.3. The third-order valence-electron chi connectivity index (χ3n) is 7.24. The number of likely N-dealkylation sites (N-methyl/N-ethyl adjacent to an activating group) is 1. The van der Waals surface area contributed by atoms with Crippen LogP contribution in [0.25, 0.3) is 5.57 Å². The van der Waals surface area contributed by atoms with E-state index in [0.29, 0.717) is 5.11 Å². The molecule has 3 aromatic rings. The first-order valence-corrected chi connectivity index (χ1v) is 12.7. The molecule has 0 aliphatic carbocycles. The van der Waals surface area contributed by atoms with Crippen molar-refractivity contribution in [3.05, 3.63) is 93.8 Å². The molecule has 2 aliphatic rings. The highest BCUT2D eigenvalue weighted by Gasteiger charge is 2.42. The highest BCUT2D eigenvalue weighted by atomic mass is 35.5. The summed E-state index contributed by atoms with van der Waals surface area (Å²) in [5.74, 6) is 0. The van der Waals surface area contributed by atoms with E-state index in [1.165, 1.54) is 22.3 Å². The lowest BCUT2D eigenvalue weighted by Gasteiger charge is -2.41. The average molecular weight is 503 g/mol. The first-order valence-electron chi connectivity index (χ1n) is 11.9. The molecule has 0 unspecified atom stereocenters. The maximum atomic E-state index is 7.10. The van der Waals surface area contributed by atoms with Crippen LogP contribution in [-0.4, -0.2) is 22.7 Å². The van der Waals surface area contributed by atoms with Crippen LogP contribution in [0.15, 0.2) is 60.8 Å². The Kier molecular flexibility index (Phi) is 5.89. The molecule has 1 saturated heterocycles. The summed E-state index contributed by atoms with van der Waals surface area (Å²) in [6.07, 6.45) is 4.15. The summed E-state index contributed by atoms with van der Waals surface area (Å²) in [4.78, 5) is 9.18. The zero-order chi connectivity index (χ0) is 25.1. The summed E-state index contributed by atoms with van der Waals surface area (Å²) >= 11 is 13.0. The van der Waals surface area contributed by atoms with Crippen LogP contribution in [0, 0.1) is 13.8 Å². The minimum atomic E-state index is -0.149. The van der Waals surface area contributed by atoms with E-state index in [9.17, 15) is 0 Å². The fourth-order valence-electron chi connectivity index (χ4n) is 5.45. The number of nitrogens with zero attached hydrogens (tertiary/aromatic N) is 3. The number of hydrogen-bond donors (Lipinski definition) is 1. The van der Waals surface area contributed by atoms with Gasteiger partial charge in [0, 0.05) is 35.2 Å². The molecule has 3 heterocycles. The molecule has 0 spiro atoms. The molecule has 1 fully saturated rings. The van der Waals surface area contributed by atoms with Gasteiger partial charge in [0.25, 0.3) is 0 Å². The highest BCUT2D eigenvalue weighted by Crippen LogP contribution is 2.48. The molecule has 5 rings (SSSR count). The Morgan fingerprint density at radius 3 is 2.40 bits per heavy atom. The first kappa shape index (κ1) is 23.8. The zero-order valence-corrected chi connectivity index (χ0v) is 22.6. The lowest BCUT2D eigenvalue weighted by molar-refractivity contribution is 0.566. The Balaban J connectivity index is 1.72. The number of halogens is 1. The topological polar surface area (TPSA) is 31.4 Å². The van der Waals surface area contributed by atoms with Crippen LogP contribution in [0.4, 0.5) is 11.4 Å². The van der Waals surface area contributed by atoms with Gasteiger partial charge in [0.1, 0.15) is 0 Å². The molecule has 6 heteroatoms. The Morgan fingerprint density at radius 2 is 1.74 bits per heavy atom. The van der Waals surface area contributed by atoms with Crippen LogP contribution < -0.4 is 15.1 Å². The molecule has 2 aliphatic heterocycles. The first-order chi connectivity index (χ1) is 16.6. The fourth-order valence-corrected chi connectivity index (χ4v) is 6.07. The van der Waals surface area contributed by atoms with Gasteiger partial charge in [-0.15, -0.1) is 0 Å². The molecule has 4 nitrogen and oxygen atoms in total. The van der Waals surface area contributed by atoms with Gasteiger partial charge in [-0.25, -0.2) is 0 Å². The second-order valence-corrected chi connectivity index (χ2v) is 11.1. The van der Waals surface area contributed by atoms with Crippen molar-refractivity contribution in [3.8, 4) is 0 Å². The van der Waals surface area contributed by atoms with Crippen molar-refractivity contribution in [1.29, 1.82) is 0 Å². The van der Waals surface area contributed by atoms with Crippen LogP contribution in [0.2, 0.25) is 5.02 Å². The number of aromatic nitrogens is 1. The van der Waals surface area contributed by atoms with Crippen LogP contribution >= 0.6 is 23.8 Å². The Morgan fingerprint density at radius 1 is 1.03 bits per heavy atom. The monoisotopic (exact) mass is 502 g/mol. The minimum absolute atomic E-state index is 0.0833. The number of pyridine rings is 1. The Hall–Kier alpha value is -2.89. The zero-order valence-electron chi connectivity index (χ0n) is 21.1. The number of aryl methyl sites for hydroxylation is 2. The number of nitrogens with one attached hydrogen (secondary N) is 1. The summed E-state index contributed by atoms with van der Waals surface area (Å²) in [6.45, 7) is 10.9. The SMILES string of the molecule is CC1=CC(C)(C)N(C)c2cc(Cl)c([C@H]3[C@@H](c4ccccn4)NC(=S)N3c3cc(C)cc(C)c3)cc21. The maximum absolute atomic E-state index is 7.10. The number of rotatable bonds is 3. The third-order valence-corrected chi connectivity index (χ3v) is 7.88. The minimum Gasteiger partial charge on any atom is -0.365 e. The second kappa shape index (κ2) is 8.65. The van der Waals surface area contributed by atoms with Crippen molar-refractivity contribution in [2.75, 3.05) is 16.8 Å². The van der Waals surface area contributed by atoms with Crippen LogP contribution in [0.3, 0.4) is 0 Å². The Bertz CT molecular complexity index is 1330. The van der Waals surface area contributed by atoms with Crippen molar-refractivity contribution in [2.45, 2.75) is 52.2 Å². The van der Waals surface area contributed by atoms with Gasteiger partial charge in [0.05, 0.1) is 23.3 Å². The summed E-state index contributed by atoms with van der Waals surface area (Å²) in [5.41, 5.74) is 8.93. The van der Waals surface area contributed by atoms with Gasteiger partial charge in [0.2, 0.25) is 0 Å². The van der Waals surface area contributed by atoms with Crippen LogP contribution in [0.5, 0.6) is 0 Å². The number of benzene rings is 2. The van der Waals surface area contributed by atoms with Gasteiger partial charge < -0.3 is 15.1 Å². The molecule has 0 radical (unpaired) electrons. The molecule has 0 bridgehead atoms. The van der Waals surface area contributed by atoms with Crippen molar-refractivity contribution >= 4 is 45.9 Å². The van der Waals surface area contributed by atoms with E-state index in [0.717, 1.165) is 27.7 Å². The van der Waals surface area contributed by atoms with E-state index in [4.69, 9.17) is 23.8 Å². The van der Waals surface area contributed by atoms with E-state index < -0.39 is 0 Å². The van der Waals surface area contributed by atoms with Crippen molar-refractivity contribution in [3.63, 3.8) is 0 Å². The fraction of sp³-hybridized carbons (Fsp3) is 0.310. The van der Waals surface area contributed by atoms with E-state index >= 15 is 0 Å². The van der Waals surface area contributed by atoms with E-state index in [-0.39, 0.29) is 17.6 Å². The maximum Gasteiger partial charge on any atom is 0.174 e. The number of thiocarbonyl (C=S) groups is 1. The van der Waals surface area contributed by atoms with Gasteiger partial charge in [-0.1, -0.05) is 29.8 Å². The standard InChI is InChI=1S/C29H31ClN4S/c1-17-11-18(2)13-20(12-17)34-27(26(32-28(34)35)24-9-7-8-10-31-24)22-14-21-19(3)16-29(4,5)33(6)25(21)15-23(22)30/h7-16,26-27H,1-6H3,(H,32,35)/t26-,27+/m1/s1. The summed E-state index contributed by atoms with van der Waals surface area (Å²) in [7, 11) is 2.13. The van der Waals surface area contributed by atoms with Gasteiger partial charge in [0.15, 0.2) is 5.11 Å². The van der Waals surface area contributed by atoms with Gasteiger partial charge in [-0.05, 0) is 105 Å². The Labute approximate surface area is 218 Å². The average Bonchev–Trinajstić information content (AvgIpc) is 3.14. The summed E-state index contributed by atoms with van der Waals surface area (Å²) in [6, 6.07) is 16.6. The quantitative estimate of drug-likeness (QED) is 0.384. The molecule has 1 aromatic heterocycles. The van der Waals surface area contributed by atoms with Gasteiger partial charge >= 0.3 is 0 Å². The largest absolute Gasteiger partial charge is 0.365 e. The number of allylic oxidation sites excluding steroid dienone is 1. The lowest BCUT2D eigenvalue weighted by Crippen LogP contribution is -2.42. The van der Waals surface area contributed by atoms with Crippen molar-refractivity contribution in [2.24, 2.45) is 0 Å². The van der Waals surface area contributed by atoms with Crippen LogP contribution in [0.1, 0.15) is 60.8 Å². The third kappa shape index (κ3) is 4.11. The normalized spacial score (nSPS) is 21.0. The van der Waals surface area contributed by atoms with Crippen molar-refractivity contribution in [1.82, 2.24) is 10.3 Å². The summed E-state index contributed by atoms with van der Waals surface area (Å²) < 4.78 is 0. The molecular formula is C29H31ClN4S. The molecule has 180 valence electrons. The van der Waals surface area contributed by atoms with Gasteiger partial charge in [-0.2, -0.15) is 0 Å². The van der Waals surface area contributed by atoms with Gasteiger partial charge in [-0.3, -0.25) is 4.98 Å². The molecule has 0 amide bonds. The molecular weight excluding hydrogens is 472 g/mol. The number of hydrogen-bond acceptors (Lipinski definition) is 3. The predicted molar refractivity (Wildman–Crippen MR) is 151 cm³/mol. The number of anilines is 2. The molecule has 0 saturated carbocycles. The van der Waals surface area contributed by atoms with E-state index in [1.807, 2.05) is 24.4 Å². The molecule has 2 aromatic carbocycles. The molecule has 2 atom stereocenters. The summed E-state index contributed by atoms with van der Waals surface area (Å²) in [5, 5.41) is 4.96. The molecule has 35 heavy (non-hydrogen) atoms. The van der Waals surface area contributed by atoms with E-state index in [2.05, 4.69) is 98.2 Å². The van der Waals surface area contributed by atoms with E-state index in [1.54, 1.807) is 0 Å². The smallest absolute Gasteiger partial charge is 0.174 e. The predicted octanol–water partition coefficient (Wildman–Crippen LogP) is 7.16. The molecule has 1 N–H and O–H groups in total. The lowest BCUT2D eigenvalue weighted by atomic mass is 9.86. The number of fused-ring (bicyclic) bond motifs is 1. The highest BCUT2D eigenvalue weighted by molar-refractivity contribution is 7.80. The van der Waals surface area contributed by atoms with Crippen LogP contribution in [-0.2, 0) is 0 Å². The van der Waals surface area contributed by atoms with Crippen molar-refractivity contribution < 1.29 is 0 Å².